The first-order chi connectivity index (χ1) is 10.6. The second kappa shape index (κ2) is 7.74. The van der Waals surface area contributed by atoms with Crippen molar-refractivity contribution >= 4 is 39.9 Å². The number of carbonyl (C=O) groups is 1. The fraction of sp³-hybridized carbons (Fsp3) is 0.133. The standard InChI is InChI=1S/C15H14IN3O3/c16-12-3-1-11(2-4-12)15(20)18-10-9-17-13-5-7-14(8-6-13)19(21)22/h1-8,17H,9-10H2,(H,18,20). The Morgan fingerprint density at radius 2 is 1.68 bits per heavy atom. The summed E-state index contributed by atoms with van der Waals surface area (Å²) in [4.78, 5) is 22.0. The minimum atomic E-state index is -0.439. The summed E-state index contributed by atoms with van der Waals surface area (Å²) in [5.41, 5.74) is 1.45. The molecule has 6 nitrogen and oxygen atoms in total. The molecule has 0 aromatic heterocycles. The van der Waals surface area contributed by atoms with Crippen molar-refractivity contribution in [1.29, 1.82) is 0 Å². The summed E-state index contributed by atoms with van der Waals surface area (Å²) in [6.07, 6.45) is 0. The lowest BCUT2D eigenvalue weighted by molar-refractivity contribution is -0.384. The Labute approximate surface area is 141 Å². The number of nitro groups is 1. The average molecular weight is 411 g/mol. The Morgan fingerprint density at radius 3 is 2.27 bits per heavy atom. The predicted molar refractivity (Wildman–Crippen MR) is 93.1 cm³/mol. The van der Waals surface area contributed by atoms with Crippen molar-refractivity contribution in [3.63, 3.8) is 0 Å². The molecule has 0 heterocycles. The van der Waals surface area contributed by atoms with Crippen LogP contribution >= 0.6 is 22.6 Å². The molecule has 114 valence electrons. The van der Waals surface area contributed by atoms with Gasteiger partial charge in [0.15, 0.2) is 0 Å². The molecule has 7 heteroatoms. The molecule has 0 saturated heterocycles. The molecular formula is C15H14IN3O3. The zero-order valence-corrected chi connectivity index (χ0v) is 13.7. The van der Waals surface area contributed by atoms with Gasteiger partial charge in [0.1, 0.15) is 0 Å². The molecule has 2 aromatic rings. The Balaban J connectivity index is 1.75. The normalized spacial score (nSPS) is 10.0. The monoisotopic (exact) mass is 411 g/mol. The van der Waals surface area contributed by atoms with Crippen LogP contribution in [0.1, 0.15) is 10.4 Å². The zero-order chi connectivity index (χ0) is 15.9. The summed E-state index contributed by atoms with van der Waals surface area (Å²) < 4.78 is 1.08. The number of rotatable bonds is 6. The SMILES string of the molecule is O=C(NCCNc1ccc([N+](=O)[O-])cc1)c1ccc(I)cc1. The number of hydrogen-bond donors (Lipinski definition) is 2. The number of amides is 1. The zero-order valence-electron chi connectivity index (χ0n) is 11.6. The average Bonchev–Trinajstić information content (AvgIpc) is 2.52. The number of hydrogen-bond acceptors (Lipinski definition) is 4. The summed E-state index contributed by atoms with van der Waals surface area (Å²) in [5.74, 6) is -0.123. The van der Waals surface area contributed by atoms with E-state index < -0.39 is 4.92 Å². The maximum atomic E-state index is 11.9. The Hall–Kier alpha value is -2.16. The van der Waals surface area contributed by atoms with Crippen molar-refractivity contribution in [1.82, 2.24) is 5.32 Å². The number of non-ortho nitro benzene ring substituents is 1. The highest BCUT2D eigenvalue weighted by Crippen LogP contribution is 2.14. The summed E-state index contributed by atoms with van der Waals surface area (Å²) in [6, 6.07) is 13.5. The summed E-state index contributed by atoms with van der Waals surface area (Å²) in [5, 5.41) is 16.4. The van der Waals surface area contributed by atoms with E-state index in [9.17, 15) is 14.9 Å². The molecule has 1 amide bonds. The molecule has 0 fully saturated rings. The first-order valence-corrected chi connectivity index (χ1v) is 7.66. The molecule has 0 spiro atoms. The molecule has 0 aliphatic rings. The van der Waals surface area contributed by atoms with Crippen molar-refractivity contribution in [2.75, 3.05) is 18.4 Å². The Bertz CT molecular complexity index is 657. The quantitative estimate of drug-likeness (QED) is 0.331. The van der Waals surface area contributed by atoms with E-state index in [0.29, 0.717) is 18.7 Å². The van der Waals surface area contributed by atoms with Crippen LogP contribution in [0.15, 0.2) is 48.5 Å². The van der Waals surface area contributed by atoms with Crippen LogP contribution in [0.2, 0.25) is 0 Å². The molecule has 0 saturated carbocycles. The molecule has 2 rings (SSSR count). The predicted octanol–water partition coefficient (Wildman–Crippen LogP) is 3.04. The lowest BCUT2D eigenvalue weighted by Gasteiger charge is -2.08. The van der Waals surface area contributed by atoms with Gasteiger partial charge in [-0.2, -0.15) is 0 Å². The first-order valence-electron chi connectivity index (χ1n) is 6.58. The Morgan fingerprint density at radius 1 is 1.05 bits per heavy atom. The second-order valence-corrected chi connectivity index (χ2v) is 5.74. The van der Waals surface area contributed by atoms with Crippen LogP contribution in [-0.4, -0.2) is 23.9 Å². The van der Waals surface area contributed by atoms with E-state index in [1.165, 1.54) is 12.1 Å². The van der Waals surface area contributed by atoms with Crippen LogP contribution < -0.4 is 10.6 Å². The highest BCUT2D eigenvalue weighted by Gasteiger charge is 2.05. The minimum absolute atomic E-state index is 0.0533. The van der Waals surface area contributed by atoms with Crippen molar-refractivity contribution in [3.8, 4) is 0 Å². The number of halogens is 1. The highest BCUT2D eigenvalue weighted by molar-refractivity contribution is 14.1. The molecule has 0 radical (unpaired) electrons. The van der Waals surface area contributed by atoms with Crippen LogP contribution in [-0.2, 0) is 0 Å². The van der Waals surface area contributed by atoms with Gasteiger partial charge in [0, 0.05) is 40.0 Å². The van der Waals surface area contributed by atoms with E-state index in [-0.39, 0.29) is 11.6 Å². The molecule has 0 atom stereocenters. The number of anilines is 1. The van der Waals surface area contributed by atoms with Crippen LogP contribution in [0.3, 0.4) is 0 Å². The van der Waals surface area contributed by atoms with Gasteiger partial charge < -0.3 is 10.6 Å². The van der Waals surface area contributed by atoms with Crippen molar-refractivity contribution < 1.29 is 9.72 Å². The number of nitro benzene ring substituents is 1. The molecule has 0 aliphatic carbocycles. The van der Waals surface area contributed by atoms with E-state index in [2.05, 4.69) is 33.2 Å². The lowest BCUT2D eigenvalue weighted by atomic mass is 10.2. The van der Waals surface area contributed by atoms with E-state index in [0.717, 1.165) is 9.26 Å². The highest BCUT2D eigenvalue weighted by atomic mass is 127. The minimum Gasteiger partial charge on any atom is -0.383 e. The number of nitrogens with one attached hydrogen (secondary N) is 2. The van der Waals surface area contributed by atoms with Crippen molar-refractivity contribution in [3.05, 3.63) is 67.8 Å². The molecule has 0 aliphatic heterocycles. The number of benzene rings is 2. The van der Waals surface area contributed by atoms with Crippen LogP contribution in [0.25, 0.3) is 0 Å². The smallest absolute Gasteiger partial charge is 0.269 e. The van der Waals surface area contributed by atoms with E-state index in [1.54, 1.807) is 24.3 Å². The Kier molecular flexibility index (Phi) is 5.70. The maximum Gasteiger partial charge on any atom is 0.269 e. The molecule has 2 aromatic carbocycles. The maximum absolute atomic E-state index is 11.9. The van der Waals surface area contributed by atoms with E-state index in [4.69, 9.17) is 0 Å². The first kappa shape index (κ1) is 16.2. The second-order valence-electron chi connectivity index (χ2n) is 4.49. The summed E-state index contributed by atoms with van der Waals surface area (Å²) >= 11 is 2.18. The van der Waals surface area contributed by atoms with Gasteiger partial charge in [-0.25, -0.2) is 0 Å². The number of carbonyl (C=O) groups excluding carboxylic acids is 1. The van der Waals surface area contributed by atoms with Gasteiger partial charge in [-0.3, -0.25) is 14.9 Å². The van der Waals surface area contributed by atoms with Gasteiger partial charge in [0.25, 0.3) is 11.6 Å². The van der Waals surface area contributed by atoms with E-state index >= 15 is 0 Å². The third-order valence-electron chi connectivity index (χ3n) is 2.92. The van der Waals surface area contributed by atoms with Gasteiger partial charge in [-0.1, -0.05) is 0 Å². The molecule has 22 heavy (non-hydrogen) atoms. The van der Waals surface area contributed by atoms with Crippen molar-refractivity contribution in [2.45, 2.75) is 0 Å². The summed E-state index contributed by atoms with van der Waals surface area (Å²) in [6.45, 7) is 0.996. The van der Waals surface area contributed by atoms with Gasteiger partial charge in [0.05, 0.1) is 4.92 Å². The van der Waals surface area contributed by atoms with Crippen LogP contribution in [0.5, 0.6) is 0 Å². The number of nitrogens with zero attached hydrogens (tertiary/aromatic N) is 1. The van der Waals surface area contributed by atoms with Gasteiger partial charge in [0.2, 0.25) is 0 Å². The fourth-order valence-electron chi connectivity index (χ4n) is 1.79. The van der Waals surface area contributed by atoms with Crippen molar-refractivity contribution in [2.24, 2.45) is 0 Å². The van der Waals surface area contributed by atoms with E-state index in [1.807, 2.05) is 12.1 Å². The van der Waals surface area contributed by atoms with Crippen LogP contribution in [0, 0.1) is 13.7 Å². The third-order valence-corrected chi connectivity index (χ3v) is 3.64. The topological polar surface area (TPSA) is 84.3 Å². The van der Waals surface area contributed by atoms with Gasteiger partial charge in [-0.05, 0) is 59.0 Å². The molecule has 0 unspecified atom stereocenters. The van der Waals surface area contributed by atoms with Gasteiger partial charge >= 0.3 is 0 Å². The molecule has 0 bridgehead atoms. The fourth-order valence-corrected chi connectivity index (χ4v) is 2.15. The van der Waals surface area contributed by atoms with Gasteiger partial charge in [-0.15, -0.1) is 0 Å². The molecule has 2 N–H and O–H groups in total. The third kappa shape index (κ3) is 4.69. The van der Waals surface area contributed by atoms with Crippen LogP contribution in [0.4, 0.5) is 11.4 Å². The summed E-state index contributed by atoms with van der Waals surface area (Å²) in [7, 11) is 0. The molecular weight excluding hydrogens is 397 g/mol. The lowest BCUT2D eigenvalue weighted by Crippen LogP contribution is -2.28. The largest absolute Gasteiger partial charge is 0.383 e.